The van der Waals surface area contributed by atoms with Crippen molar-refractivity contribution in [1.29, 1.82) is 0 Å². The topological polar surface area (TPSA) is 52.7 Å². The van der Waals surface area contributed by atoms with Crippen molar-refractivity contribution < 1.29 is 9.59 Å². The molecule has 1 aromatic rings. The zero-order valence-corrected chi connectivity index (χ0v) is 14.6. The van der Waals surface area contributed by atoms with Gasteiger partial charge < -0.3 is 15.1 Å². The van der Waals surface area contributed by atoms with Crippen molar-refractivity contribution in [3.8, 4) is 0 Å². The predicted octanol–water partition coefficient (Wildman–Crippen LogP) is 1.55. The molecule has 2 aliphatic rings. The number of carbonyl (C=O) groups excluding carboxylic acids is 2. The number of hydrogen-bond donors (Lipinski definition) is 1. The van der Waals surface area contributed by atoms with E-state index in [-0.39, 0.29) is 11.8 Å². The van der Waals surface area contributed by atoms with Gasteiger partial charge in [0.05, 0.1) is 13.0 Å². The zero-order valence-electron chi connectivity index (χ0n) is 13.8. The highest BCUT2D eigenvalue weighted by atomic mass is 35.5. The summed E-state index contributed by atoms with van der Waals surface area (Å²) in [6.07, 6.45) is 2.89. The summed E-state index contributed by atoms with van der Waals surface area (Å²) in [4.78, 5) is 28.2. The van der Waals surface area contributed by atoms with E-state index in [0.29, 0.717) is 44.2 Å². The van der Waals surface area contributed by atoms with Crippen LogP contribution >= 0.6 is 11.6 Å². The molecule has 0 aromatic heterocycles. The highest BCUT2D eigenvalue weighted by molar-refractivity contribution is 6.31. The standard InChI is InChI=1S/C18H24ClN3O2/c19-16-4-2-1-3-15(16)11-17(23)21-7-9-22(10-8-21)18(24)13-20-12-14-5-6-14/h1-4,14,20H,5-13H2. The summed E-state index contributed by atoms with van der Waals surface area (Å²) in [5.41, 5.74) is 0.854. The van der Waals surface area contributed by atoms with E-state index in [0.717, 1.165) is 18.0 Å². The first-order chi connectivity index (χ1) is 11.6. The van der Waals surface area contributed by atoms with Gasteiger partial charge in [0.1, 0.15) is 0 Å². The van der Waals surface area contributed by atoms with E-state index in [1.165, 1.54) is 12.8 Å². The molecule has 5 nitrogen and oxygen atoms in total. The molecule has 1 aromatic carbocycles. The summed E-state index contributed by atoms with van der Waals surface area (Å²) in [5, 5.41) is 3.86. The van der Waals surface area contributed by atoms with E-state index < -0.39 is 0 Å². The molecule has 1 aliphatic heterocycles. The first-order valence-corrected chi connectivity index (χ1v) is 9.01. The van der Waals surface area contributed by atoms with Crippen LogP contribution in [0.3, 0.4) is 0 Å². The molecular weight excluding hydrogens is 326 g/mol. The molecule has 130 valence electrons. The molecule has 3 rings (SSSR count). The second kappa shape index (κ2) is 7.99. The van der Waals surface area contributed by atoms with E-state index in [2.05, 4.69) is 5.32 Å². The Labute approximate surface area is 147 Å². The number of benzene rings is 1. The van der Waals surface area contributed by atoms with Gasteiger partial charge in [0.25, 0.3) is 0 Å². The van der Waals surface area contributed by atoms with E-state index in [1.54, 1.807) is 6.07 Å². The number of amides is 2. The minimum Gasteiger partial charge on any atom is -0.339 e. The van der Waals surface area contributed by atoms with Crippen LogP contribution in [0.1, 0.15) is 18.4 Å². The third-order valence-electron chi connectivity index (χ3n) is 4.69. The fraction of sp³-hybridized carbons (Fsp3) is 0.556. The molecule has 0 atom stereocenters. The summed E-state index contributed by atoms with van der Waals surface area (Å²) in [7, 11) is 0. The largest absolute Gasteiger partial charge is 0.339 e. The van der Waals surface area contributed by atoms with Crippen LogP contribution in [0.15, 0.2) is 24.3 Å². The second-order valence-corrected chi connectivity index (χ2v) is 7.01. The molecule has 0 unspecified atom stereocenters. The van der Waals surface area contributed by atoms with E-state index in [1.807, 2.05) is 28.0 Å². The fourth-order valence-corrected chi connectivity index (χ4v) is 3.14. The second-order valence-electron chi connectivity index (χ2n) is 6.60. The number of halogens is 1. The third kappa shape index (κ3) is 4.71. The highest BCUT2D eigenvalue weighted by Gasteiger charge is 2.25. The first kappa shape index (κ1) is 17.2. The number of nitrogens with zero attached hydrogens (tertiary/aromatic N) is 2. The highest BCUT2D eigenvalue weighted by Crippen LogP contribution is 2.27. The predicted molar refractivity (Wildman–Crippen MR) is 93.9 cm³/mol. The molecule has 6 heteroatoms. The SMILES string of the molecule is O=C(CNCC1CC1)N1CCN(C(=O)Cc2ccccc2Cl)CC1. The molecule has 0 spiro atoms. The molecule has 1 aliphatic carbocycles. The van der Waals surface area contributed by atoms with Crippen molar-refractivity contribution >= 4 is 23.4 Å². The molecule has 1 heterocycles. The summed E-state index contributed by atoms with van der Waals surface area (Å²) in [6, 6.07) is 7.43. The van der Waals surface area contributed by atoms with Crippen LogP contribution in [0.4, 0.5) is 0 Å². The summed E-state index contributed by atoms with van der Waals surface area (Å²) in [5.74, 6) is 0.980. The Bertz CT molecular complexity index is 596. The van der Waals surface area contributed by atoms with Gasteiger partial charge in [-0.15, -0.1) is 0 Å². The normalized spacial score (nSPS) is 17.9. The average Bonchev–Trinajstić information content (AvgIpc) is 3.41. The van der Waals surface area contributed by atoms with Crippen molar-refractivity contribution in [2.24, 2.45) is 5.92 Å². The van der Waals surface area contributed by atoms with Gasteiger partial charge in [-0.3, -0.25) is 9.59 Å². The number of rotatable bonds is 6. The molecule has 1 N–H and O–H groups in total. The van der Waals surface area contributed by atoms with Gasteiger partial charge in [0.15, 0.2) is 0 Å². The Morgan fingerprint density at radius 3 is 2.29 bits per heavy atom. The van der Waals surface area contributed by atoms with Crippen molar-refractivity contribution in [2.45, 2.75) is 19.3 Å². The van der Waals surface area contributed by atoms with Crippen molar-refractivity contribution in [3.63, 3.8) is 0 Å². The van der Waals surface area contributed by atoms with Crippen molar-refractivity contribution in [2.75, 3.05) is 39.3 Å². The Morgan fingerprint density at radius 1 is 1.04 bits per heavy atom. The van der Waals surface area contributed by atoms with E-state index in [9.17, 15) is 9.59 Å². The minimum atomic E-state index is 0.0713. The van der Waals surface area contributed by atoms with Crippen LogP contribution in [-0.4, -0.2) is 60.9 Å². The summed E-state index contributed by atoms with van der Waals surface area (Å²) >= 11 is 6.12. The molecule has 24 heavy (non-hydrogen) atoms. The van der Waals surface area contributed by atoms with E-state index in [4.69, 9.17) is 11.6 Å². The van der Waals surface area contributed by atoms with Crippen LogP contribution in [0.2, 0.25) is 5.02 Å². The van der Waals surface area contributed by atoms with Gasteiger partial charge in [-0.05, 0) is 36.9 Å². The number of nitrogens with one attached hydrogen (secondary N) is 1. The molecule has 0 bridgehead atoms. The Balaban J connectivity index is 1.41. The van der Waals surface area contributed by atoms with E-state index >= 15 is 0 Å². The zero-order chi connectivity index (χ0) is 16.9. The lowest BCUT2D eigenvalue weighted by Gasteiger charge is -2.35. The minimum absolute atomic E-state index is 0.0713. The molecule has 1 saturated carbocycles. The summed E-state index contributed by atoms with van der Waals surface area (Å²) < 4.78 is 0. The Kier molecular flexibility index (Phi) is 5.74. The number of hydrogen-bond acceptors (Lipinski definition) is 3. The van der Waals surface area contributed by atoms with Gasteiger partial charge in [-0.1, -0.05) is 29.8 Å². The number of carbonyl (C=O) groups is 2. The third-order valence-corrected chi connectivity index (χ3v) is 5.06. The average molecular weight is 350 g/mol. The maximum atomic E-state index is 12.4. The van der Waals surface area contributed by atoms with Crippen LogP contribution in [-0.2, 0) is 16.0 Å². The summed E-state index contributed by atoms with van der Waals surface area (Å²) in [6.45, 7) is 3.76. The van der Waals surface area contributed by atoms with Gasteiger partial charge in [0.2, 0.25) is 11.8 Å². The first-order valence-electron chi connectivity index (χ1n) is 8.63. The quantitative estimate of drug-likeness (QED) is 0.848. The lowest BCUT2D eigenvalue weighted by atomic mass is 10.1. The maximum absolute atomic E-state index is 12.4. The van der Waals surface area contributed by atoms with Crippen LogP contribution in [0.5, 0.6) is 0 Å². The molecular formula is C18H24ClN3O2. The fourth-order valence-electron chi connectivity index (χ4n) is 2.94. The Hall–Kier alpha value is -1.59. The molecule has 2 fully saturated rings. The maximum Gasteiger partial charge on any atom is 0.236 e. The van der Waals surface area contributed by atoms with Crippen molar-refractivity contribution in [1.82, 2.24) is 15.1 Å². The van der Waals surface area contributed by atoms with Gasteiger partial charge in [-0.25, -0.2) is 0 Å². The van der Waals surface area contributed by atoms with Crippen molar-refractivity contribution in [3.05, 3.63) is 34.9 Å². The molecule has 0 radical (unpaired) electrons. The van der Waals surface area contributed by atoms with Gasteiger partial charge >= 0.3 is 0 Å². The van der Waals surface area contributed by atoms with Crippen LogP contribution in [0.25, 0.3) is 0 Å². The van der Waals surface area contributed by atoms with Gasteiger partial charge in [-0.2, -0.15) is 0 Å². The lowest BCUT2D eigenvalue weighted by Crippen LogP contribution is -2.52. The van der Waals surface area contributed by atoms with Crippen LogP contribution in [0, 0.1) is 5.92 Å². The molecule has 2 amide bonds. The molecule has 1 saturated heterocycles. The lowest BCUT2D eigenvalue weighted by molar-refractivity contribution is -0.138. The van der Waals surface area contributed by atoms with Gasteiger partial charge in [0, 0.05) is 31.2 Å². The van der Waals surface area contributed by atoms with Crippen LogP contribution < -0.4 is 5.32 Å². The smallest absolute Gasteiger partial charge is 0.236 e. The number of piperazine rings is 1. The monoisotopic (exact) mass is 349 g/mol. The Morgan fingerprint density at radius 2 is 1.67 bits per heavy atom.